The second-order valence-corrected chi connectivity index (χ2v) is 4.98. The number of ketones is 1. The highest BCUT2D eigenvalue weighted by Crippen LogP contribution is 2.33. The van der Waals surface area contributed by atoms with Gasteiger partial charge < -0.3 is 4.90 Å². The number of carbonyl (C=O) groups excluding carboxylic acids is 1. The largest absolute Gasteiger partial charge is 0.383 e. The lowest BCUT2D eigenvalue weighted by atomic mass is 9.80. The molecule has 0 spiro atoms. The molecule has 0 aliphatic heterocycles. The van der Waals surface area contributed by atoms with Gasteiger partial charge in [-0.15, -0.1) is 0 Å². The van der Waals surface area contributed by atoms with E-state index in [4.69, 9.17) is 0 Å². The molecule has 18 heavy (non-hydrogen) atoms. The number of carbonyl (C=O) groups is 1. The molecule has 2 rings (SSSR count). The quantitative estimate of drug-likeness (QED) is 0.748. The third-order valence-electron chi connectivity index (χ3n) is 3.26. The molecule has 1 aliphatic carbocycles. The molecule has 1 aliphatic rings. The molecule has 1 aromatic carbocycles. The Morgan fingerprint density at radius 2 is 1.94 bits per heavy atom. The summed E-state index contributed by atoms with van der Waals surface area (Å²) in [6.07, 6.45) is 4.61. The van der Waals surface area contributed by atoms with Crippen molar-refractivity contribution in [2.45, 2.75) is 25.2 Å². The van der Waals surface area contributed by atoms with Crippen LogP contribution in [0.2, 0.25) is 0 Å². The van der Waals surface area contributed by atoms with Crippen molar-refractivity contribution < 1.29 is 9.18 Å². The number of nitrogens with zero attached hydrogens (tertiary/aromatic N) is 1. The van der Waals surface area contributed by atoms with Crippen LogP contribution in [-0.2, 0) is 4.79 Å². The molecule has 0 radical (unpaired) electrons. The Labute approximate surface area is 107 Å². The summed E-state index contributed by atoms with van der Waals surface area (Å²) in [5.74, 6) is -0.182. The fourth-order valence-corrected chi connectivity index (χ4v) is 2.43. The zero-order valence-electron chi connectivity index (χ0n) is 10.8. The van der Waals surface area contributed by atoms with Gasteiger partial charge in [0.2, 0.25) is 0 Å². The van der Waals surface area contributed by atoms with E-state index < -0.39 is 0 Å². The lowest BCUT2D eigenvalue weighted by Crippen LogP contribution is -2.21. The van der Waals surface area contributed by atoms with Crippen LogP contribution >= 0.6 is 0 Å². The second-order valence-electron chi connectivity index (χ2n) is 4.98. The van der Waals surface area contributed by atoms with Gasteiger partial charge in [0.15, 0.2) is 5.78 Å². The third-order valence-corrected chi connectivity index (χ3v) is 3.26. The summed E-state index contributed by atoms with van der Waals surface area (Å²) in [4.78, 5) is 14.3. The number of hydrogen-bond acceptors (Lipinski definition) is 2. The van der Waals surface area contributed by atoms with E-state index in [0.29, 0.717) is 0 Å². The van der Waals surface area contributed by atoms with Crippen LogP contribution in [0.5, 0.6) is 0 Å². The Kier molecular flexibility index (Phi) is 3.80. The maximum absolute atomic E-state index is 12.9. The summed E-state index contributed by atoms with van der Waals surface area (Å²) < 4.78 is 12.9. The maximum Gasteiger partial charge on any atom is 0.167 e. The van der Waals surface area contributed by atoms with Crippen molar-refractivity contribution in [2.24, 2.45) is 0 Å². The number of Topliss-reactive ketones (excluding diaryl/α,β-unsaturated/α-hetero) is 1. The molecule has 0 heterocycles. The smallest absolute Gasteiger partial charge is 0.167 e. The minimum Gasteiger partial charge on any atom is -0.383 e. The van der Waals surface area contributed by atoms with Gasteiger partial charge in [-0.05, 0) is 37.0 Å². The molecule has 1 saturated carbocycles. The van der Waals surface area contributed by atoms with Crippen molar-refractivity contribution >= 4 is 5.78 Å². The molecule has 0 aromatic heterocycles. The summed E-state index contributed by atoms with van der Waals surface area (Å²) in [7, 11) is 3.84. The van der Waals surface area contributed by atoms with Crippen molar-refractivity contribution in [2.75, 3.05) is 14.1 Å². The van der Waals surface area contributed by atoms with Gasteiger partial charge in [0, 0.05) is 31.8 Å². The first-order valence-corrected chi connectivity index (χ1v) is 6.24. The minimum atomic E-state index is -0.258. The Morgan fingerprint density at radius 1 is 1.28 bits per heavy atom. The van der Waals surface area contributed by atoms with Gasteiger partial charge in [0.1, 0.15) is 5.82 Å². The third kappa shape index (κ3) is 2.78. The fraction of sp³-hybridized carbons (Fsp3) is 0.400. The standard InChI is InChI=1S/C15H18FNO/c1-17(2)10-12-4-3-5-14(15(12)18)11-6-8-13(16)9-7-11/h6-10,14H,3-5H2,1-2H3. The summed E-state index contributed by atoms with van der Waals surface area (Å²) in [6, 6.07) is 6.28. The number of rotatable bonds is 2. The molecule has 0 bridgehead atoms. The van der Waals surface area contributed by atoms with E-state index in [0.717, 1.165) is 30.4 Å². The minimum absolute atomic E-state index is 0.106. The predicted molar refractivity (Wildman–Crippen MR) is 69.8 cm³/mol. The second kappa shape index (κ2) is 5.34. The van der Waals surface area contributed by atoms with E-state index in [1.165, 1.54) is 12.1 Å². The number of hydrogen-bond donors (Lipinski definition) is 0. The van der Waals surface area contributed by atoms with E-state index in [9.17, 15) is 9.18 Å². The average molecular weight is 247 g/mol. The first-order valence-electron chi connectivity index (χ1n) is 6.24. The van der Waals surface area contributed by atoms with Crippen LogP contribution in [0, 0.1) is 5.82 Å². The van der Waals surface area contributed by atoms with Gasteiger partial charge in [-0.1, -0.05) is 12.1 Å². The van der Waals surface area contributed by atoms with Crippen LogP contribution in [0.4, 0.5) is 4.39 Å². The molecule has 0 N–H and O–H groups in total. The first kappa shape index (κ1) is 12.8. The van der Waals surface area contributed by atoms with Crippen molar-refractivity contribution in [3.8, 4) is 0 Å². The molecular weight excluding hydrogens is 229 g/mol. The summed E-state index contributed by atoms with van der Waals surface area (Å²) in [6.45, 7) is 0. The SMILES string of the molecule is CN(C)C=C1CCCC(c2ccc(F)cc2)C1=O. The molecule has 3 heteroatoms. The normalized spacial score (nSPS) is 22.3. The Hall–Kier alpha value is -1.64. The van der Waals surface area contributed by atoms with Crippen LogP contribution in [0.15, 0.2) is 36.0 Å². The predicted octanol–water partition coefficient (Wildman–Crippen LogP) is 3.11. The molecule has 0 amide bonds. The van der Waals surface area contributed by atoms with Gasteiger partial charge >= 0.3 is 0 Å². The molecule has 2 nitrogen and oxygen atoms in total. The van der Waals surface area contributed by atoms with E-state index in [-0.39, 0.29) is 17.5 Å². The highest BCUT2D eigenvalue weighted by Gasteiger charge is 2.27. The Bertz CT molecular complexity index is 462. The summed E-state index contributed by atoms with van der Waals surface area (Å²) in [5.41, 5.74) is 1.80. The van der Waals surface area contributed by atoms with Gasteiger partial charge in [0.25, 0.3) is 0 Å². The van der Waals surface area contributed by atoms with Gasteiger partial charge in [-0.2, -0.15) is 0 Å². The Morgan fingerprint density at radius 3 is 2.56 bits per heavy atom. The topological polar surface area (TPSA) is 20.3 Å². The van der Waals surface area contributed by atoms with Crippen LogP contribution in [0.3, 0.4) is 0 Å². The van der Waals surface area contributed by atoms with Crippen LogP contribution < -0.4 is 0 Å². The molecule has 96 valence electrons. The Balaban J connectivity index is 2.23. The summed E-state index contributed by atoms with van der Waals surface area (Å²) >= 11 is 0. The zero-order chi connectivity index (χ0) is 13.1. The van der Waals surface area contributed by atoms with Gasteiger partial charge in [0.05, 0.1) is 0 Å². The van der Waals surface area contributed by atoms with E-state index in [1.807, 2.05) is 25.2 Å². The van der Waals surface area contributed by atoms with E-state index in [2.05, 4.69) is 0 Å². The molecule has 1 atom stereocenters. The molecule has 0 saturated heterocycles. The van der Waals surface area contributed by atoms with Crippen LogP contribution in [0.25, 0.3) is 0 Å². The fourth-order valence-electron chi connectivity index (χ4n) is 2.43. The van der Waals surface area contributed by atoms with E-state index >= 15 is 0 Å². The van der Waals surface area contributed by atoms with Gasteiger partial charge in [-0.3, -0.25) is 4.79 Å². The first-order chi connectivity index (χ1) is 8.58. The lowest BCUT2D eigenvalue weighted by Gasteiger charge is -2.24. The number of benzene rings is 1. The average Bonchev–Trinajstić information content (AvgIpc) is 2.33. The van der Waals surface area contributed by atoms with Crippen molar-refractivity contribution in [3.05, 3.63) is 47.4 Å². The van der Waals surface area contributed by atoms with E-state index in [1.54, 1.807) is 12.1 Å². The molecular formula is C15H18FNO. The van der Waals surface area contributed by atoms with Crippen molar-refractivity contribution in [1.82, 2.24) is 4.90 Å². The number of halogens is 1. The van der Waals surface area contributed by atoms with Gasteiger partial charge in [-0.25, -0.2) is 4.39 Å². The highest BCUT2D eigenvalue weighted by atomic mass is 19.1. The van der Waals surface area contributed by atoms with Crippen LogP contribution in [-0.4, -0.2) is 24.8 Å². The molecule has 1 unspecified atom stereocenters. The number of allylic oxidation sites excluding steroid dienone is 1. The molecule has 1 aromatic rings. The highest BCUT2D eigenvalue weighted by molar-refractivity contribution is 6.00. The van der Waals surface area contributed by atoms with Crippen LogP contribution in [0.1, 0.15) is 30.7 Å². The zero-order valence-corrected chi connectivity index (χ0v) is 10.8. The summed E-state index contributed by atoms with van der Waals surface area (Å²) in [5, 5.41) is 0. The van der Waals surface area contributed by atoms with Crippen molar-refractivity contribution in [3.63, 3.8) is 0 Å². The monoisotopic (exact) mass is 247 g/mol. The van der Waals surface area contributed by atoms with Crippen molar-refractivity contribution in [1.29, 1.82) is 0 Å². The lowest BCUT2D eigenvalue weighted by molar-refractivity contribution is -0.118. The molecule has 1 fully saturated rings. The maximum atomic E-state index is 12.9.